The Bertz CT molecular complexity index is 650. The number of carbonyl (C=O) groups is 1. The minimum atomic E-state index is -1.06. The van der Waals surface area contributed by atoms with Gasteiger partial charge >= 0.3 is 5.97 Å². The average molecular weight is 314 g/mol. The van der Waals surface area contributed by atoms with Gasteiger partial charge in [-0.25, -0.2) is 4.79 Å². The number of carbonyl (C=O) groups excluding carboxylic acids is 1. The van der Waals surface area contributed by atoms with E-state index in [1.165, 1.54) is 12.7 Å². The van der Waals surface area contributed by atoms with Crippen molar-refractivity contribution >= 4 is 5.97 Å². The molecule has 0 aromatic rings. The highest BCUT2D eigenvalue weighted by Crippen LogP contribution is 2.46. The summed E-state index contributed by atoms with van der Waals surface area (Å²) in [6.07, 6.45) is 14.4. The topological polar surface area (TPSA) is 44.8 Å². The molecule has 0 radical (unpaired) electrons. The summed E-state index contributed by atoms with van der Waals surface area (Å²) < 4.78 is 16.2. The van der Waals surface area contributed by atoms with Gasteiger partial charge in [-0.1, -0.05) is 50.3 Å². The average Bonchev–Trinajstić information content (AvgIpc) is 2.56. The molecule has 0 bridgehead atoms. The number of methoxy groups -OCH3 is 1. The maximum absolute atomic E-state index is 11.9. The first-order valence-electron chi connectivity index (χ1n) is 7.94. The van der Waals surface area contributed by atoms with E-state index in [0.29, 0.717) is 0 Å². The van der Waals surface area contributed by atoms with Crippen LogP contribution in [0, 0.1) is 5.41 Å². The van der Waals surface area contributed by atoms with E-state index >= 15 is 0 Å². The lowest BCUT2D eigenvalue weighted by atomic mass is 9.68. The largest absolute Gasteiger partial charge is 0.464 e. The normalized spacial score (nSPS) is 32.2. The second kappa shape index (κ2) is 6.20. The Hall–Kier alpha value is -2.07. The smallest absolute Gasteiger partial charge is 0.376 e. The quantitative estimate of drug-likeness (QED) is 0.731. The number of hydrogen-bond donors (Lipinski definition) is 0. The Morgan fingerprint density at radius 1 is 1.39 bits per heavy atom. The lowest BCUT2D eigenvalue weighted by molar-refractivity contribution is -0.185. The van der Waals surface area contributed by atoms with Gasteiger partial charge in [0.05, 0.1) is 13.4 Å². The van der Waals surface area contributed by atoms with Crippen LogP contribution in [0.25, 0.3) is 0 Å². The fourth-order valence-electron chi connectivity index (χ4n) is 3.29. The van der Waals surface area contributed by atoms with Gasteiger partial charge in [-0.2, -0.15) is 0 Å². The van der Waals surface area contributed by atoms with Crippen LogP contribution in [0.3, 0.4) is 0 Å². The zero-order valence-electron chi connectivity index (χ0n) is 13.7. The summed E-state index contributed by atoms with van der Waals surface area (Å²) in [6.45, 7) is 4.45. The number of hydrogen-bond acceptors (Lipinski definition) is 4. The fourth-order valence-corrected chi connectivity index (χ4v) is 3.29. The van der Waals surface area contributed by atoms with E-state index in [9.17, 15) is 4.79 Å². The van der Waals surface area contributed by atoms with Gasteiger partial charge in [0.2, 0.25) is 0 Å². The van der Waals surface area contributed by atoms with Crippen molar-refractivity contribution in [1.29, 1.82) is 0 Å². The minimum absolute atomic E-state index is 0.0223. The van der Waals surface area contributed by atoms with Crippen molar-refractivity contribution in [2.45, 2.75) is 39.1 Å². The highest BCUT2D eigenvalue weighted by molar-refractivity contribution is 5.73. The van der Waals surface area contributed by atoms with Crippen LogP contribution in [-0.2, 0) is 19.0 Å². The van der Waals surface area contributed by atoms with E-state index < -0.39 is 12.3 Å². The van der Waals surface area contributed by atoms with E-state index in [0.717, 1.165) is 24.0 Å². The molecule has 0 aromatic heterocycles. The van der Waals surface area contributed by atoms with E-state index in [2.05, 4.69) is 32.1 Å². The van der Waals surface area contributed by atoms with Crippen LogP contribution in [0.4, 0.5) is 0 Å². The highest BCUT2D eigenvalue weighted by atomic mass is 16.7. The summed E-state index contributed by atoms with van der Waals surface area (Å²) in [5, 5.41) is 0. The monoisotopic (exact) mass is 314 g/mol. The molecule has 1 aliphatic heterocycles. The van der Waals surface area contributed by atoms with Crippen molar-refractivity contribution in [3.8, 4) is 0 Å². The van der Waals surface area contributed by atoms with Crippen molar-refractivity contribution in [2.24, 2.45) is 5.41 Å². The summed E-state index contributed by atoms with van der Waals surface area (Å²) >= 11 is 0. The molecule has 0 saturated heterocycles. The Morgan fingerprint density at radius 2 is 2.22 bits per heavy atom. The first-order chi connectivity index (χ1) is 11.1. The molecular formula is C19H22O4. The molecule has 3 atom stereocenters. The van der Waals surface area contributed by atoms with Gasteiger partial charge in [0, 0.05) is 5.57 Å². The van der Waals surface area contributed by atoms with Gasteiger partial charge in [-0.05, 0) is 29.4 Å². The summed E-state index contributed by atoms with van der Waals surface area (Å²) in [7, 11) is 1.33. The number of allylic oxidation sites excluding steroid dienone is 6. The second-order valence-corrected chi connectivity index (χ2v) is 6.22. The van der Waals surface area contributed by atoms with Crippen LogP contribution in [0.5, 0.6) is 0 Å². The first-order valence-corrected chi connectivity index (χ1v) is 7.94. The molecule has 0 amide bonds. The van der Waals surface area contributed by atoms with Crippen LogP contribution < -0.4 is 0 Å². The molecule has 3 rings (SSSR count). The van der Waals surface area contributed by atoms with Crippen LogP contribution in [0.1, 0.15) is 26.7 Å². The predicted octanol–water partition coefficient (Wildman–Crippen LogP) is 3.58. The SMILES string of the molecule is CCC1(C)CC=CC2=COC(C(=O)OC)OC3C=CC=CC3=C21. The molecule has 3 aliphatic rings. The summed E-state index contributed by atoms with van der Waals surface area (Å²) in [6, 6.07) is 0. The van der Waals surface area contributed by atoms with Crippen molar-refractivity contribution in [1.82, 2.24) is 0 Å². The maximum Gasteiger partial charge on any atom is 0.376 e. The number of ether oxygens (including phenoxy) is 3. The van der Waals surface area contributed by atoms with Gasteiger partial charge < -0.3 is 14.2 Å². The van der Waals surface area contributed by atoms with E-state index in [1.807, 2.05) is 18.2 Å². The van der Waals surface area contributed by atoms with Gasteiger partial charge in [0.15, 0.2) is 0 Å². The summed E-state index contributed by atoms with van der Waals surface area (Å²) in [5.41, 5.74) is 3.34. The molecular weight excluding hydrogens is 292 g/mol. The van der Waals surface area contributed by atoms with Crippen LogP contribution >= 0.6 is 0 Å². The Balaban J connectivity index is 2.12. The van der Waals surface area contributed by atoms with Crippen molar-refractivity contribution < 1.29 is 19.0 Å². The summed E-state index contributed by atoms with van der Waals surface area (Å²) in [4.78, 5) is 11.9. The fraction of sp³-hybridized carbons (Fsp3) is 0.421. The van der Waals surface area contributed by atoms with E-state index in [4.69, 9.17) is 14.2 Å². The molecule has 3 unspecified atom stereocenters. The lowest BCUT2D eigenvalue weighted by Gasteiger charge is -2.39. The number of esters is 1. The Morgan fingerprint density at radius 3 is 2.96 bits per heavy atom. The maximum atomic E-state index is 11.9. The molecule has 122 valence electrons. The lowest BCUT2D eigenvalue weighted by Crippen LogP contribution is -2.36. The highest BCUT2D eigenvalue weighted by Gasteiger charge is 2.37. The van der Waals surface area contributed by atoms with Crippen LogP contribution in [-0.4, -0.2) is 25.5 Å². The van der Waals surface area contributed by atoms with Gasteiger partial charge in [-0.3, -0.25) is 0 Å². The standard InChI is InChI=1S/C19H22O4/c1-4-19(2)11-7-8-13-12-22-18(17(20)21-3)23-15-10-6-5-9-14(15)16(13)19/h5-10,12,15,18H,4,11H2,1-3H3. The molecule has 0 aromatic carbocycles. The van der Waals surface area contributed by atoms with Gasteiger partial charge in [0.25, 0.3) is 6.29 Å². The zero-order chi connectivity index (χ0) is 16.4. The Kier molecular flexibility index (Phi) is 4.26. The van der Waals surface area contributed by atoms with Crippen molar-refractivity contribution in [2.75, 3.05) is 7.11 Å². The third-order valence-corrected chi connectivity index (χ3v) is 4.79. The first kappa shape index (κ1) is 15.8. The molecule has 0 spiro atoms. The molecule has 4 nitrogen and oxygen atoms in total. The third-order valence-electron chi connectivity index (χ3n) is 4.79. The van der Waals surface area contributed by atoms with Crippen molar-refractivity contribution in [3.05, 3.63) is 59.4 Å². The Labute approximate surface area is 136 Å². The third kappa shape index (κ3) is 2.79. The molecule has 0 N–H and O–H groups in total. The van der Waals surface area contributed by atoms with Crippen LogP contribution in [0.2, 0.25) is 0 Å². The number of fused-ring (bicyclic) bond motifs is 2. The number of rotatable bonds is 2. The minimum Gasteiger partial charge on any atom is -0.464 e. The molecule has 0 saturated carbocycles. The van der Waals surface area contributed by atoms with Crippen molar-refractivity contribution in [3.63, 3.8) is 0 Å². The van der Waals surface area contributed by atoms with Gasteiger partial charge in [0.1, 0.15) is 6.10 Å². The molecule has 2 aliphatic carbocycles. The van der Waals surface area contributed by atoms with Crippen LogP contribution in [0.15, 0.2) is 59.4 Å². The van der Waals surface area contributed by atoms with Gasteiger partial charge in [-0.15, -0.1) is 0 Å². The molecule has 23 heavy (non-hydrogen) atoms. The molecule has 1 heterocycles. The van der Waals surface area contributed by atoms with E-state index in [1.54, 1.807) is 6.26 Å². The second-order valence-electron chi connectivity index (χ2n) is 6.22. The molecule has 4 heteroatoms. The molecule has 0 fully saturated rings. The zero-order valence-corrected chi connectivity index (χ0v) is 13.7. The summed E-state index contributed by atoms with van der Waals surface area (Å²) in [5.74, 6) is -0.536. The van der Waals surface area contributed by atoms with E-state index in [-0.39, 0.29) is 11.5 Å². The predicted molar refractivity (Wildman–Crippen MR) is 87.3 cm³/mol.